The van der Waals surface area contributed by atoms with Crippen LogP contribution in [0, 0.1) is 0 Å². The highest BCUT2D eigenvalue weighted by atomic mass is 79.9. The van der Waals surface area contributed by atoms with Crippen molar-refractivity contribution in [2.24, 2.45) is 0 Å². The molecule has 1 N–H and O–H groups in total. The molecule has 0 bridgehead atoms. The van der Waals surface area contributed by atoms with Gasteiger partial charge in [-0.15, -0.1) is 0 Å². The van der Waals surface area contributed by atoms with Crippen molar-refractivity contribution < 1.29 is 18.3 Å². The first-order valence-electron chi connectivity index (χ1n) is 4.09. The zero-order valence-electron chi connectivity index (χ0n) is 7.55. The third-order valence-corrected chi connectivity index (χ3v) is 2.40. The van der Waals surface area contributed by atoms with E-state index in [4.69, 9.17) is 5.11 Å². The lowest BCUT2D eigenvalue weighted by atomic mass is 10.1. The molecule has 1 nitrogen and oxygen atoms in total. The Kier molecular flexibility index (Phi) is 3.93. The van der Waals surface area contributed by atoms with Crippen LogP contribution in [0.1, 0.15) is 11.1 Å². The van der Waals surface area contributed by atoms with Crippen LogP contribution in [0.5, 0.6) is 0 Å². The van der Waals surface area contributed by atoms with Gasteiger partial charge in [-0.25, -0.2) is 0 Å². The second kappa shape index (κ2) is 4.81. The van der Waals surface area contributed by atoms with Gasteiger partial charge in [-0.05, 0) is 17.7 Å². The fraction of sp³-hybridized carbons (Fsp3) is 0.200. The first-order chi connectivity index (χ1) is 6.95. The van der Waals surface area contributed by atoms with Gasteiger partial charge in [0.05, 0.1) is 12.2 Å². The van der Waals surface area contributed by atoms with Crippen LogP contribution in [-0.4, -0.2) is 11.7 Å². The second-order valence-electron chi connectivity index (χ2n) is 2.82. The van der Waals surface area contributed by atoms with Crippen molar-refractivity contribution in [2.75, 3.05) is 6.61 Å². The minimum atomic E-state index is -4.37. The van der Waals surface area contributed by atoms with Crippen molar-refractivity contribution in [3.05, 3.63) is 39.9 Å². The number of aliphatic hydroxyl groups excluding tert-OH is 1. The van der Waals surface area contributed by atoms with E-state index < -0.39 is 11.7 Å². The van der Waals surface area contributed by atoms with Gasteiger partial charge < -0.3 is 5.11 Å². The second-order valence-corrected chi connectivity index (χ2v) is 3.68. The van der Waals surface area contributed by atoms with Crippen molar-refractivity contribution in [3.63, 3.8) is 0 Å². The van der Waals surface area contributed by atoms with E-state index in [0.29, 0.717) is 5.56 Å². The smallest absolute Gasteiger partial charge is 0.392 e. The molecule has 0 spiro atoms. The maximum Gasteiger partial charge on any atom is 0.417 e. The van der Waals surface area contributed by atoms with E-state index in [0.717, 1.165) is 6.07 Å². The zero-order chi connectivity index (χ0) is 11.5. The molecule has 0 heterocycles. The molecular formula is C10H8BrF3O. The molecule has 0 aliphatic rings. The summed E-state index contributed by atoms with van der Waals surface area (Å²) < 4.78 is 37.4. The average molecular weight is 281 g/mol. The van der Waals surface area contributed by atoms with E-state index in [1.54, 1.807) is 0 Å². The van der Waals surface area contributed by atoms with Gasteiger partial charge in [0, 0.05) is 4.47 Å². The maximum atomic E-state index is 12.4. The SMILES string of the molecule is OCC=Cc1ccc(Br)c(C(F)(F)F)c1. The number of alkyl halides is 3. The quantitative estimate of drug-likeness (QED) is 0.880. The normalized spacial score (nSPS) is 12.3. The molecule has 0 unspecified atom stereocenters. The van der Waals surface area contributed by atoms with Gasteiger partial charge in [0.15, 0.2) is 0 Å². The Morgan fingerprint density at radius 3 is 2.53 bits per heavy atom. The predicted molar refractivity (Wildman–Crippen MR) is 55.3 cm³/mol. The number of hydrogen-bond donors (Lipinski definition) is 1. The summed E-state index contributed by atoms with van der Waals surface area (Å²) in [4.78, 5) is 0. The highest BCUT2D eigenvalue weighted by molar-refractivity contribution is 9.10. The third-order valence-electron chi connectivity index (χ3n) is 1.71. The summed E-state index contributed by atoms with van der Waals surface area (Å²) in [6, 6.07) is 3.89. The molecule has 0 radical (unpaired) electrons. The Balaban J connectivity index is 3.11. The topological polar surface area (TPSA) is 20.2 Å². The summed E-state index contributed by atoms with van der Waals surface area (Å²) in [7, 11) is 0. The van der Waals surface area contributed by atoms with Crippen molar-refractivity contribution in [3.8, 4) is 0 Å². The molecule has 15 heavy (non-hydrogen) atoms. The van der Waals surface area contributed by atoms with Crippen molar-refractivity contribution in [1.29, 1.82) is 0 Å². The fourth-order valence-corrected chi connectivity index (χ4v) is 1.52. The summed E-state index contributed by atoms with van der Waals surface area (Å²) in [6.07, 6.45) is -1.56. The lowest BCUT2D eigenvalue weighted by molar-refractivity contribution is -0.138. The molecule has 1 aromatic rings. The van der Waals surface area contributed by atoms with Crippen LogP contribution in [0.4, 0.5) is 13.2 Å². The molecular weight excluding hydrogens is 273 g/mol. The molecule has 1 aromatic carbocycles. The predicted octanol–water partition coefficient (Wildman–Crippen LogP) is 3.47. The Morgan fingerprint density at radius 2 is 2.00 bits per heavy atom. The molecule has 82 valence electrons. The number of rotatable bonds is 2. The molecule has 0 saturated carbocycles. The number of halogens is 4. The van der Waals surface area contributed by atoms with Crippen molar-refractivity contribution >= 4 is 22.0 Å². The molecule has 0 saturated heterocycles. The minimum Gasteiger partial charge on any atom is -0.392 e. The van der Waals surface area contributed by atoms with Crippen LogP contribution in [0.2, 0.25) is 0 Å². The molecule has 0 atom stereocenters. The number of aliphatic hydroxyl groups is 1. The molecule has 0 amide bonds. The van der Waals surface area contributed by atoms with E-state index in [9.17, 15) is 13.2 Å². The average Bonchev–Trinajstić information content (AvgIpc) is 2.15. The van der Waals surface area contributed by atoms with E-state index in [2.05, 4.69) is 15.9 Å². The summed E-state index contributed by atoms with van der Waals surface area (Å²) >= 11 is 2.84. The monoisotopic (exact) mass is 280 g/mol. The van der Waals surface area contributed by atoms with E-state index in [1.807, 2.05) is 0 Å². The van der Waals surface area contributed by atoms with Gasteiger partial charge in [0.1, 0.15) is 0 Å². The molecule has 0 aliphatic heterocycles. The summed E-state index contributed by atoms with van der Waals surface area (Å²) in [6.45, 7) is -0.197. The maximum absolute atomic E-state index is 12.4. The lowest BCUT2D eigenvalue weighted by Crippen LogP contribution is -2.06. The highest BCUT2D eigenvalue weighted by Crippen LogP contribution is 2.35. The first-order valence-corrected chi connectivity index (χ1v) is 4.88. The highest BCUT2D eigenvalue weighted by Gasteiger charge is 2.32. The van der Waals surface area contributed by atoms with Crippen LogP contribution < -0.4 is 0 Å². The Labute approximate surface area is 93.4 Å². The number of hydrogen-bond acceptors (Lipinski definition) is 1. The van der Waals surface area contributed by atoms with Crippen LogP contribution in [0.15, 0.2) is 28.7 Å². The van der Waals surface area contributed by atoms with Gasteiger partial charge in [-0.3, -0.25) is 0 Å². The van der Waals surface area contributed by atoms with Gasteiger partial charge in [0.25, 0.3) is 0 Å². The van der Waals surface area contributed by atoms with Gasteiger partial charge in [-0.1, -0.05) is 34.1 Å². The molecule has 0 aromatic heterocycles. The van der Waals surface area contributed by atoms with Crippen LogP contribution >= 0.6 is 15.9 Å². The molecule has 0 aliphatic carbocycles. The largest absolute Gasteiger partial charge is 0.417 e. The van der Waals surface area contributed by atoms with Crippen molar-refractivity contribution in [1.82, 2.24) is 0 Å². The van der Waals surface area contributed by atoms with E-state index >= 15 is 0 Å². The third kappa shape index (κ3) is 3.35. The van der Waals surface area contributed by atoms with Crippen LogP contribution in [0.25, 0.3) is 6.08 Å². The van der Waals surface area contributed by atoms with Gasteiger partial charge >= 0.3 is 6.18 Å². The van der Waals surface area contributed by atoms with Crippen LogP contribution in [-0.2, 0) is 6.18 Å². The van der Waals surface area contributed by atoms with Crippen molar-refractivity contribution in [2.45, 2.75) is 6.18 Å². The van der Waals surface area contributed by atoms with Gasteiger partial charge in [-0.2, -0.15) is 13.2 Å². The fourth-order valence-electron chi connectivity index (χ4n) is 1.05. The van der Waals surface area contributed by atoms with E-state index in [-0.39, 0.29) is 11.1 Å². The lowest BCUT2D eigenvalue weighted by Gasteiger charge is -2.09. The standard InChI is InChI=1S/C10H8BrF3O/c11-9-4-3-7(2-1-5-15)6-8(9)10(12,13)14/h1-4,6,15H,5H2. The van der Waals surface area contributed by atoms with Crippen LogP contribution in [0.3, 0.4) is 0 Å². The Bertz CT molecular complexity index is 371. The Morgan fingerprint density at radius 1 is 1.33 bits per heavy atom. The van der Waals surface area contributed by atoms with Gasteiger partial charge in [0.2, 0.25) is 0 Å². The number of benzene rings is 1. The molecule has 1 rings (SSSR count). The summed E-state index contributed by atoms with van der Waals surface area (Å²) in [5.74, 6) is 0. The summed E-state index contributed by atoms with van der Waals surface area (Å²) in [5, 5.41) is 8.49. The molecule has 0 fully saturated rings. The van der Waals surface area contributed by atoms with E-state index in [1.165, 1.54) is 24.3 Å². The first kappa shape index (κ1) is 12.3. The molecule has 5 heteroatoms. The Hall–Kier alpha value is -0.810. The zero-order valence-corrected chi connectivity index (χ0v) is 9.14. The summed E-state index contributed by atoms with van der Waals surface area (Å²) in [5.41, 5.74) is -0.317. The minimum absolute atomic E-state index is 0.0103.